The Balaban J connectivity index is 2.97. The van der Waals surface area contributed by atoms with Crippen molar-refractivity contribution in [2.45, 2.75) is 57.8 Å². The van der Waals surface area contributed by atoms with Gasteiger partial charge in [0.25, 0.3) is 0 Å². The standard InChI is InChI=1S/C16H24F3NS/c1-11(2)10-21-13-7-6-12(9-20-15(3,4)5)14(8-13)16(17,18)19/h6-8,11,20H,9-10H2,1-5H3. The second-order valence-corrected chi connectivity index (χ2v) is 7.72. The van der Waals surface area contributed by atoms with Crippen molar-refractivity contribution in [3.63, 3.8) is 0 Å². The molecule has 0 aliphatic rings. The fraction of sp³-hybridized carbons (Fsp3) is 0.625. The molecular weight excluding hydrogens is 295 g/mol. The third kappa shape index (κ3) is 6.74. The summed E-state index contributed by atoms with van der Waals surface area (Å²) in [5.74, 6) is 1.27. The first-order valence-electron chi connectivity index (χ1n) is 7.07. The number of rotatable bonds is 5. The van der Waals surface area contributed by atoms with E-state index in [0.29, 0.717) is 16.4 Å². The zero-order valence-corrected chi connectivity index (χ0v) is 14.1. The topological polar surface area (TPSA) is 12.0 Å². The lowest BCUT2D eigenvalue weighted by molar-refractivity contribution is -0.138. The quantitative estimate of drug-likeness (QED) is 0.735. The van der Waals surface area contributed by atoms with Crippen LogP contribution in [0.3, 0.4) is 0 Å². The lowest BCUT2D eigenvalue weighted by atomic mass is 10.0. The summed E-state index contributed by atoms with van der Waals surface area (Å²) in [6.45, 7) is 10.1. The van der Waals surface area contributed by atoms with Crippen LogP contribution in [-0.2, 0) is 12.7 Å². The molecule has 0 atom stereocenters. The summed E-state index contributed by atoms with van der Waals surface area (Å²) in [5, 5.41) is 3.11. The summed E-state index contributed by atoms with van der Waals surface area (Å²) < 4.78 is 39.6. The van der Waals surface area contributed by atoms with Gasteiger partial charge in [-0.15, -0.1) is 11.8 Å². The minimum absolute atomic E-state index is 0.214. The molecule has 0 spiro atoms. The van der Waals surface area contributed by atoms with Gasteiger partial charge in [-0.2, -0.15) is 13.2 Å². The number of alkyl halides is 3. The van der Waals surface area contributed by atoms with Crippen LogP contribution in [0.4, 0.5) is 13.2 Å². The van der Waals surface area contributed by atoms with E-state index in [1.165, 1.54) is 17.8 Å². The zero-order valence-electron chi connectivity index (χ0n) is 13.3. The first-order chi connectivity index (χ1) is 9.49. The van der Waals surface area contributed by atoms with Crippen molar-refractivity contribution in [3.05, 3.63) is 29.3 Å². The average Bonchev–Trinajstić information content (AvgIpc) is 2.32. The molecule has 0 heterocycles. The van der Waals surface area contributed by atoms with Gasteiger partial charge < -0.3 is 5.32 Å². The molecule has 0 aromatic heterocycles. The highest BCUT2D eigenvalue weighted by Gasteiger charge is 2.33. The molecule has 0 bridgehead atoms. The molecule has 0 aliphatic carbocycles. The lowest BCUT2D eigenvalue weighted by Gasteiger charge is -2.22. The van der Waals surface area contributed by atoms with Crippen LogP contribution >= 0.6 is 11.8 Å². The molecule has 0 saturated carbocycles. The van der Waals surface area contributed by atoms with Gasteiger partial charge in [0.05, 0.1) is 5.56 Å². The highest BCUT2D eigenvalue weighted by molar-refractivity contribution is 7.99. The van der Waals surface area contributed by atoms with Crippen molar-refractivity contribution in [1.29, 1.82) is 0 Å². The fourth-order valence-electron chi connectivity index (χ4n) is 1.69. The van der Waals surface area contributed by atoms with Crippen LogP contribution in [0.1, 0.15) is 45.7 Å². The maximum Gasteiger partial charge on any atom is 0.416 e. The third-order valence-electron chi connectivity index (χ3n) is 2.78. The van der Waals surface area contributed by atoms with Crippen LogP contribution in [0.5, 0.6) is 0 Å². The maximum absolute atomic E-state index is 13.2. The second-order valence-electron chi connectivity index (χ2n) is 6.63. The van der Waals surface area contributed by atoms with Crippen LogP contribution < -0.4 is 5.32 Å². The smallest absolute Gasteiger partial charge is 0.308 e. The van der Waals surface area contributed by atoms with Crippen LogP contribution in [0.2, 0.25) is 0 Å². The molecule has 0 unspecified atom stereocenters. The van der Waals surface area contributed by atoms with E-state index in [2.05, 4.69) is 19.2 Å². The van der Waals surface area contributed by atoms with Crippen LogP contribution in [0.15, 0.2) is 23.1 Å². The molecule has 5 heteroatoms. The molecule has 0 aliphatic heterocycles. The number of benzene rings is 1. The Labute approximate surface area is 129 Å². The summed E-state index contributed by atoms with van der Waals surface area (Å²) in [6.07, 6.45) is -4.32. The third-order valence-corrected chi connectivity index (χ3v) is 4.20. The molecule has 1 aromatic rings. The van der Waals surface area contributed by atoms with Gasteiger partial charge in [0.15, 0.2) is 0 Å². The summed E-state index contributed by atoms with van der Waals surface area (Å²) in [7, 11) is 0. The number of thioether (sulfide) groups is 1. The molecule has 1 rings (SSSR count). The van der Waals surface area contributed by atoms with Crippen molar-refractivity contribution in [1.82, 2.24) is 5.32 Å². The normalized spacial score (nSPS) is 13.0. The van der Waals surface area contributed by atoms with Crippen LogP contribution in [-0.4, -0.2) is 11.3 Å². The minimum Gasteiger partial charge on any atom is -0.308 e. The fourth-order valence-corrected chi connectivity index (χ4v) is 2.58. The Bertz CT molecular complexity index is 462. The largest absolute Gasteiger partial charge is 0.416 e. The predicted octanol–water partition coefficient (Wildman–Crippen LogP) is 5.34. The molecule has 1 nitrogen and oxygen atoms in total. The Morgan fingerprint density at radius 2 is 1.76 bits per heavy atom. The maximum atomic E-state index is 13.2. The molecule has 1 aromatic carbocycles. The van der Waals surface area contributed by atoms with E-state index >= 15 is 0 Å². The van der Waals surface area contributed by atoms with Gasteiger partial charge in [-0.25, -0.2) is 0 Å². The van der Waals surface area contributed by atoms with Crippen LogP contribution in [0.25, 0.3) is 0 Å². The molecule has 1 N–H and O–H groups in total. The van der Waals surface area contributed by atoms with Crippen molar-refractivity contribution < 1.29 is 13.2 Å². The van der Waals surface area contributed by atoms with E-state index in [1.54, 1.807) is 12.1 Å². The van der Waals surface area contributed by atoms with E-state index in [0.717, 1.165) is 5.75 Å². The van der Waals surface area contributed by atoms with E-state index < -0.39 is 11.7 Å². The van der Waals surface area contributed by atoms with Crippen molar-refractivity contribution in [2.75, 3.05) is 5.75 Å². The molecule has 0 amide bonds. The Morgan fingerprint density at radius 1 is 1.14 bits per heavy atom. The molecule has 0 fully saturated rings. The summed E-state index contributed by atoms with van der Waals surface area (Å²) in [6, 6.07) is 4.64. The molecule has 0 saturated heterocycles. The highest BCUT2D eigenvalue weighted by atomic mass is 32.2. The van der Waals surface area contributed by atoms with Crippen molar-refractivity contribution in [3.8, 4) is 0 Å². The Morgan fingerprint density at radius 3 is 2.24 bits per heavy atom. The Kier molecular flexibility index (Phi) is 6.17. The summed E-state index contributed by atoms with van der Waals surface area (Å²) in [4.78, 5) is 0.676. The number of hydrogen-bond donors (Lipinski definition) is 1. The first kappa shape index (κ1) is 18.4. The van der Waals surface area contributed by atoms with E-state index in [-0.39, 0.29) is 12.1 Å². The number of halogens is 3. The summed E-state index contributed by atoms with van der Waals surface area (Å²) >= 11 is 1.47. The second kappa shape index (κ2) is 7.05. The SMILES string of the molecule is CC(C)CSc1ccc(CNC(C)(C)C)c(C(F)(F)F)c1. The zero-order chi connectivity index (χ0) is 16.3. The van der Waals surface area contributed by atoms with Gasteiger partial charge in [-0.05, 0) is 44.4 Å². The van der Waals surface area contributed by atoms with E-state index in [1.807, 2.05) is 20.8 Å². The highest BCUT2D eigenvalue weighted by Crippen LogP contribution is 2.35. The van der Waals surface area contributed by atoms with Gasteiger partial charge in [-0.1, -0.05) is 19.9 Å². The number of nitrogens with one attached hydrogen (secondary N) is 1. The van der Waals surface area contributed by atoms with E-state index in [4.69, 9.17) is 0 Å². The average molecular weight is 319 g/mol. The van der Waals surface area contributed by atoms with Gasteiger partial charge in [0.1, 0.15) is 0 Å². The number of hydrogen-bond acceptors (Lipinski definition) is 2. The Hall–Kier alpha value is -0.680. The molecule has 21 heavy (non-hydrogen) atoms. The van der Waals surface area contributed by atoms with Crippen LogP contribution in [0, 0.1) is 5.92 Å². The van der Waals surface area contributed by atoms with Gasteiger partial charge in [-0.3, -0.25) is 0 Å². The molecule has 0 radical (unpaired) electrons. The van der Waals surface area contributed by atoms with E-state index in [9.17, 15) is 13.2 Å². The summed E-state index contributed by atoms with van der Waals surface area (Å²) in [5.41, 5.74) is -0.451. The monoisotopic (exact) mass is 319 g/mol. The molecule has 120 valence electrons. The first-order valence-corrected chi connectivity index (χ1v) is 8.05. The van der Waals surface area contributed by atoms with Gasteiger partial charge >= 0.3 is 6.18 Å². The molecular formula is C16H24F3NS. The lowest BCUT2D eigenvalue weighted by Crippen LogP contribution is -2.35. The van der Waals surface area contributed by atoms with Gasteiger partial charge in [0.2, 0.25) is 0 Å². The van der Waals surface area contributed by atoms with Gasteiger partial charge in [0, 0.05) is 22.7 Å². The van der Waals surface area contributed by atoms with Crippen molar-refractivity contribution in [2.24, 2.45) is 5.92 Å². The predicted molar refractivity (Wildman–Crippen MR) is 83.6 cm³/mol. The van der Waals surface area contributed by atoms with Crippen molar-refractivity contribution >= 4 is 11.8 Å². The minimum atomic E-state index is -4.32.